The fourth-order valence-electron chi connectivity index (χ4n) is 3.72. The molecule has 2 aliphatic heterocycles. The van der Waals surface area contributed by atoms with Gasteiger partial charge in [0.25, 0.3) is 0 Å². The highest BCUT2D eigenvalue weighted by atomic mass is 19.4. The van der Waals surface area contributed by atoms with E-state index in [1.807, 2.05) is 24.3 Å². The fraction of sp³-hybridized carbons (Fsp3) is 0.429. The maximum atomic E-state index is 12.7. The first-order chi connectivity index (χ1) is 13.3. The molecule has 28 heavy (non-hydrogen) atoms. The van der Waals surface area contributed by atoms with E-state index in [0.717, 1.165) is 55.0 Å². The van der Waals surface area contributed by atoms with Crippen LogP contribution in [0.25, 0.3) is 0 Å². The summed E-state index contributed by atoms with van der Waals surface area (Å²) in [6, 6.07) is 13.5. The normalized spacial score (nSPS) is 19.9. The lowest BCUT2D eigenvalue weighted by atomic mass is 9.92. The molecule has 0 unspecified atom stereocenters. The molecule has 0 aromatic heterocycles. The second-order valence-corrected chi connectivity index (χ2v) is 7.55. The van der Waals surface area contributed by atoms with E-state index in [1.54, 1.807) is 12.1 Å². The highest BCUT2D eigenvalue weighted by molar-refractivity contribution is 5.50. The van der Waals surface area contributed by atoms with Crippen molar-refractivity contribution in [3.8, 4) is 0 Å². The van der Waals surface area contributed by atoms with Crippen LogP contribution >= 0.6 is 0 Å². The van der Waals surface area contributed by atoms with Crippen molar-refractivity contribution < 1.29 is 23.0 Å². The molecule has 7 heteroatoms. The number of alkyl halides is 3. The summed E-state index contributed by atoms with van der Waals surface area (Å²) in [7, 11) is 0. The lowest BCUT2D eigenvalue weighted by molar-refractivity contribution is -0.184. The van der Waals surface area contributed by atoms with Crippen molar-refractivity contribution in [3.05, 3.63) is 59.7 Å². The summed E-state index contributed by atoms with van der Waals surface area (Å²) in [5.41, 5.74) is 1.22. The lowest BCUT2D eigenvalue weighted by Gasteiger charge is -2.37. The quantitative estimate of drug-likeness (QED) is 0.826. The van der Waals surface area contributed by atoms with Crippen LogP contribution in [0.5, 0.6) is 0 Å². The highest BCUT2D eigenvalue weighted by Gasteiger charge is 2.37. The van der Waals surface area contributed by atoms with Gasteiger partial charge in [-0.2, -0.15) is 13.2 Å². The van der Waals surface area contributed by atoms with Gasteiger partial charge in [-0.15, -0.1) is 0 Å². The van der Waals surface area contributed by atoms with Crippen LogP contribution < -0.4 is 10.2 Å². The molecule has 2 aromatic carbocycles. The van der Waals surface area contributed by atoms with Gasteiger partial charge < -0.3 is 20.1 Å². The molecule has 2 heterocycles. The van der Waals surface area contributed by atoms with E-state index in [9.17, 15) is 18.3 Å². The van der Waals surface area contributed by atoms with E-state index in [0.29, 0.717) is 19.3 Å². The minimum absolute atomic E-state index is 0.312. The first-order valence-electron chi connectivity index (χ1n) is 9.43. The number of hydrogen-bond donors (Lipinski definition) is 2. The van der Waals surface area contributed by atoms with E-state index >= 15 is 0 Å². The lowest BCUT2D eigenvalue weighted by Crippen LogP contribution is -2.46. The molecular formula is C21H23F3N2O2. The summed E-state index contributed by atoms with van der Waals surface area (Å²) < 4.78 is 43.2. The Morgan fingerprint density at radius 2 is 1.57 bits per heavy atom. The minimum Gasteiger partial charge on any atom is -0.382 e. The van der Waals surface area contributed by atoms with Crippen molar-refractivity contribution in [2.45, 2.75) is 30.7 Å². The van der Waals surface area contributed by atoms with E-state index in [-0.39, 0.29) is 0 Å². The Labute approximate surface area is 161 Å². The Morgan fingerprint density at radius 3 is 2.07 bits per heavy atom. The zero-order valence-electron chi connectivity index (χ0n) is 15.4. The largest absolute Gasteiger partial charge is 0.416 e. The van der Waals surface area contributed by atoms with Crippen LogP contribution in [0, 0.1) is 0 Å². The number of benzene rings is 2. The highest BCUT2D eigenvalue weighted by Crippen LogP contribution is 2.32. The number of anilines is 2. The Kier molecular flexibility index (Phi) is 4.97. The van der Waals surface area contributed by atoms with Crippen molar-refractivity contribution >= 4 is 11.4 Å². The molecule has 0 spiro atoms. The Bertz CT molecular complexity index is 794. The summed E-state index contributed by atoms with van der Waals surface area (Å²) in [6.07, 6.45) is -2.49. The summed E-state index contributed by atoms with van der Waals surface area (Å²) in [6.45, 7) is 2.25. The maximum absolute atomic E-state index is 12.7. The number of ether oxygens (including phenoxy) is 1. The number of piperidine rings is 1. The third kappa shape index (κ3) is 3.95. The van der Waals surface area contributed by atoms with Crippen molar-refractivity contribution in [2.24, 2.45) is 0 Å². The van der Waals surface area contributed by atoms with Crippen molar-refractivity contribution in [2.75, 3.05) is 36.5 Å². The molecule has 2 aromatic rings. The first-order valence-corrected chi connectivity index (χ1v) is 9.43. The van der Waals surface area contributed by atoms with Gasteiger partial charge in [-0.25, -0.2) is 0 Å². The molecule has 0 aliphatic carbocycles. The van der Waals surface area contributed by atoms with E-state index in [2.05, 4.69) is 10.2 Å². The van der Waals surface area contributed by atoms with Gasteiger partial charge in [0.2, 0.25) is 0 Å². The minimum atomic E-state index is -4.30. The summed E-state index contributed by atoms with van der Waals surface area (Å²) >= 11 is 0. The average molecular weight is 392 g/mol. The van der Waals surface area contributed by atoms with Gasteiger partial charge >= 0.3 is 6.18 Å². The van der Waals surface area contributed by atoms with Crippen LogP contribution in [-0.4, -0.2) is 37.5 Å². The molecule has 4 rings (SSSR count). The topological polar surface area (TPSA) is 44.7 Å². The number of hydrogen-bond acceptors (Lipinski definition) is 4. The Hall–Kier alpha value is -2.25. The monoisotopic (exact) mass is 392 g/mol. The number of halogens is 3. The SMILES string of the molecule is OC1(c2ccc(NC3CCN(c4ccc(C(F)(F)F)cc4)CC3)cc2)COC1. The van der Waals surface area contributed by atoms with Crippen molar-refractivity contribution in [1.29, 1.82) is 0 Å². The van der Waals surface area contributed by atoms with Gasteiger partial charge in [0.05, 0.1) is 18.8 Å². The van der Waals surface area contributed by atoms with Gasteiger partial charge in [0.15, 0.2) is 0 Å². The van der Waals surface area contributed by atoms with Crippen LogP contribution in [0.3, 0.4) is 0 Å². The van der Waals surface area contributed by atoms with E-state index < -0.39 is 17.3 Å². The van der Waals surface area contributed by atoms with Crippen LogP contribution in [-0.2, 0) is 16.5 Å². The first kappa shape index (κ1) is 19.1. The predicted molar refractivity (Wildman–Crippen MR) is 101 cm³/mol. The maximum Gasteiger partial charge on any atom is 0.416 e. The Morgan fingerprint density at radius 1 is 0.964 bits per heavy atom. The number of rotatable bonds is 4. The van der Waals surface area contributed by atoms with Gasteiger partial charge in [0.1, 0.15) is 5.60 Å². The molecule has 2 aliphatic rings. The molecule has 0 bridgehead atoms. The van der Waals surface area contributed by atoms with Gasteiger partial charge in [-0.3, -0.25) is 0 Å². The summed E-state index contributed by atoms with van der Waals surface area (Å²) in [5, 5.41) is 13.8. The third-order valence-corrected chi connectivity index (χ3v) is 5.53. The molecular weight excluding hydrogens is 369 g/mol. The molecule has 4 nitrogen and oxygen atoms in total. The Balaban J connectivity index is 1.30. The van der Waals surface area contributed by atoms with E-state index in [1.165, 1.54) is 0 Å². The molecule has 2 N–H and O–H groups in total. The number of nitrogens with zero attached hydrogens (tertiary/aromatic N) is 1. The van der Waals surface area contributed by atoms with Crippen LogP contribution in [0.15, 0.2) is 48.5 Å². The molecule has 2 saturated heterocycles. The third-order valence-electron chi connectivity index (χ3n) is 5.53. The molecule has 150 valence electrons. The van der Waals surface area contributed by atoms with Crippen LogP contribution in [0.4, 0.5) is 24.5 Å². The molecule has 2 fully saturated rings. The van der Waals surface area contributed by atoms with Gasteiger partial charge in [-0.05, 0) is 54.8 Å². The summed E-state index contributed by atoms with van der Waals surface area (Å²) in [5.74, 6) is 0. The fourth-order valence-corrected chi connectivity index (χ4v) is 3.72. The molecule has 0 saturated carbocycles. The number of nitrogens with one attached hydrogen (secondary N) is 1. The number of aliphatic hydroxyl groups is 1. The molecule has 0 atom stereocenters. The zero-order chi connectivity index (χ0) is 19.8. The molecule has 0 radical (unpaired) electrons. The van der Waals surface area contributed by atoms with Crippen LogP contribution in [0.1, 0.15) is 24.0 Å². The van der Waals surface area contributed by atoms with Crippen molar-refractivity contribution in [3.63, 3.8) is 0 Å². The molecule has 0 amide bonds. The average Bonchev–Trinajstić information content (AvgIpc) is 2.67. The second kappa shape index (κ2) is 7.29. The van der Waals surface area contributed by atoms with Crippen LogP contribution in [0.2, 0.25) is 0 Å². The zero-order valence-corrected chi connectivity index (χ0v) is 15.4. The van der Waals surface area contributed by atoms with Crippen molar-refractivity contribution in [1.82, 2.24) is 0 Å². The smallest absolute Gasteiger partial charge is 0.382 e. The van der Waals surface area contributed by atoms with E-state index in [4.69, 9.17) is 4.74 Å². The predicted octanol–water partition coefficient (Wildman–Crippen LogP) is 4.00. The standard InChI is InChI=1S/C21H23F3N2O2/c22-21(23,24)16-3-7-19(8-4-16)26-11-9-18(10-12-26)25-17-5-1-15(2-6-17)20(27)13-28-14-20/h1-8,18,25,27H,9-14H2. The van der Waals surface area contributed by atoms with Gasteiger partial charge in [0, 0.05) is 30.5 Å². The summed E-state index contributed by atoms with van der Waals surface area (Å²) in [4.78, 5) is 2.12. The second-order valence-electron chi connectivity index (χ2n) is 7.55. The van der Waals surface area contributed by atoms with Gasteiger partial charge in [-0.1, -0.05) is 12.1 Å².